The second-order valence-corrected chi connectivity index (χ2v) is 9.15. The molecule has 4 heteroatoms. The first-order valence-electron chi connectivity index (χ1n) is 10.5. The molecule has 3 saturated heterocycles. The molecular formula is C24H30N2O2. The number of fused-ring (bicyclic) bond motifs is 2. The summed E-state index contributed by atoms with van der Waals surface area (Å²) in [6.07, 6.45) is 2.29. The van der Waals surface area contributed by atoms with Crippen molar-refractivity contribution < 1.29 is 9.57 Å². The maximum atomic E-state index is 6.30. The van der Waals surface area contributed by atoms with Crippen LogP contribution in [0.3, 0.4) is 0 Å². The van der Waals surface area contributed by atoms with Crippen LogP contribution in [0.1, 0.15) is 39.2 Å². The molecule has 0 N–H and O–H groups in total. The number of piperidine rings is 2. The molecule has 4 fully saturated rings. The van der Waals surface area contributed by atoms with Gasteiger partial charge in [-0.05, 0) is 48.6 Å². The van der Waals surface area contributed by atoms with Gasteiger partial charge in [-0.1, -0.05) is 44.2 Å². The summed E-state index contributed by atoms with van der Waals surface area (Å²) in [6.45, 7) is 9.51. The zero-order chi connectivity index (χ0) is 19.4. The first-order chi connectivity index (χ1) is 13.5. The number of ether oxygens (including phenoxy) is 1. The van der Waals surface area contributed by atoms with E-state index in [2.05, 4.69) is 78.4 Å². The van der Waals surface area contributed by atoms with Crippen molar-refractivity contribution >= 4 is 5.69 Å². The van der Waals surface area contributed by atoms with Gasteiger partial charge >= 0.3 is 0 Å². The van der Waals surface area contributed by atoms with Gasteiger partial charge in [-0.15, -0.1) is 5.06 Å². The number of hydrogen-bond donors (Lipinski definition) is 0. The molecule has 3 aliphatic heterocycles. The number of hydrogen-bond acceptors (Lipinski definition) is 4. The summed E-state index contributed by atoms with van der Waals surface area (Å²) in [4.78, 5) is 8.91. The molecule has 148 valence electrons. The van der Waals surface area contributed by atoms with Gasteiger partial charge in [0.15, 0.2) is 5.72 Å². The van der Waals surface area contributed by atoms with Gasteiger partial charge in [0, 0.05) is 30.6 Å². The summed E-state index contributed by atoms with van der Waals surface area (Å²) in [5.41, 5.74) is 2.86. The molecule has 4 aliphatic rings. The van der Waals surface area contributed by atoms with Gasteiger partial charge in [0.05, 0.1) is 13.2 Å². The van der Waals surface area contributed by atoms with E-state index in [9.17, 15) is 0 Å². The maximum absolute atomic E-state index is 6.30. The smallest absolute Gasteiger partial charge is 0.171 e. The Hall–Kier alpha value is -2.04. The topological polar surface area (TPSA) is 28.0 Å². The number of rotatable bonds is 5. The predicted octanol–water partition coefficient (Wildman–Crippen LogP) is 4.85. The van der Waals surface area contributed by atoms with E-state index < -0.39 is 0 Å². The number of anilines is 1. The van der Waals surface area contributed by atoms with E-state index in [4.69, 9.17) is 9.57 Å². The first-order valence-corrected chi connectivity index (χ1v) is 10.5. The Bertz CT molecular complexity index is 835. The third-order valence-electron chi connectivity index (χ3n) is 6.90. The van der Waals surface area contributed by atoms with E-state index in [1.165, 1.54) is 17.7 Å². The predicted molar refractivity (Wildman–Crippen MR) is 111 cm³/mol. The molecule has 6 rings (SSSR count). The molecule has 1 unspecified atom stereocenters. The summed E-state index contributed by atoms with van der Waals surface area (Å²) in [5, 5.41) is 2.24. The van der Waals surface area contributed by atoms with Gasteiger partial charge < -0.3 is 9.64 Å². The van der Waals surface area contributed by atoms with Crippen LogP contribution in [0, 0.1) is 11.3 Å². The molecule has 4 atom stereocenters. The van der Waals surface area contributed by atoms with Crippen LogP contribution in [0.4, 0.5) is 5.69 Å². The van der Waals surface area contributed by atoms with E-state index in [-0.39, 0.29) is 11.1 Å². The van der Waals surface area contributed by atoms with Crippen LogP contribution in [0.5, 0.6) is 5.75 Å². The average molecular weight is 379 g/mol. The third kappa shape index (κ3) is 2.90. The number of hydroxylamine groups is 2. The van der Waals surface area contributed by atoms with Crippen molar-refractivity contribution in [1.29, 1.82) is 0 Å². The second-order valence-electron chi connectivity index (χ2n) is 9.15. The fraction of sp³-hybridized carbons (Fsp3) is 0.500. The summed E-state index contributed by atoms with van der Waals surface area (Å²) in [6, 6.07) is 19.8. The van der Waals surface area contributed by atoms with Crippen LogP contribution >= 0.6 is 0 Å². The van der Waals surface area contributed by atoms with Crippen LogP contribution < -0.4 is 9.64 Å². The lowest BCUT2D eigenvalue weighted by atomic mass is 9.61. The molecule has 0 radical (unpaired) electrons. The van der Waals surface area contributed by atoms with Crippen molar-refractivity contribution in [1.82, 2.24) is 5.06 Å². The van der Waals surface area contributed by atoms with Crippen molar-refractivity contribution in [3.05, 3.63) is 60.2 Å². The van der Waals surface area contributed by atoms with Crippen molar-refractivity contribution in [3.63, 3.8) is 0 Å². The lowest BCUT2D eigenvalue weighted by Gasteiger charge is -2.57. The summed E-state index contributed by atoms with van der Waals surface area (Å²) in [7, 11) is 0. The van der Waals surface area contributed by atoms with Crippen LogP contribution in [0.25, 0.3) is 0 Å². The van der Waals surface area contributed by atoms with E-state index in [1.54, 1.807) is 0 Å². The fourth-order valence-electron chi connectivity index (χ4n) is 5.44. The lowest BCUT2D eigenvalue weighted by Crippen LogP contribution is -2.64. The van der Waals surface area contributed by atoms with Crippen molar-refractivity contribution in [3.8, 4) is 5.75 Å². The standard InChI is InChI=1S/C24H30N2O2/c1-4-27-21-12-10-20(11-13-21)25-17-19-14-23(2,3)22(25)15-24(19)26(28-24)16-18-8-6-5-7-9-18/h5-13,19,22H,4,14-17H2,1-3H3/t19-,22+,24-,26?/m0/s1. The fourth-order valence-corrected chi connectivity index (χ4v) is 5.44. The largest absolute Gasteiger partial charge is 0.494 e. The minimum absolute atomic E-state index is 0.0577. The number of nitrogens with zero attached hydrogens (tertiary/aromatic N) is 2. The van der Waals surface area contributed by atoms with E-state index in [1.807, 2.05) is 6.92 Å². The molecule has 2 bridgehead atoms. The molecule has 2 aromatic carbocycles. The molecule has 1 saturated carbocycles. The van der Waals surface area contributed by atoms with Gasteiger partial charge in [-0.3, -0.25) is 4.84 Å². The normalized spacial score (nSPS) is 32.5. The molecule has 0 amide bonds. The molecule has 0 aromatic heterocycles. The van der Waals surface area contributed by atoms with Crippen LogP contribution in [0.2, 0.25) is 0 Å². The monoisotopic (exact) mass is 378 g/mol. The third-order valence-corrected chi connectivity index (χ3v) is 6.90. The molecule has 1 spiro atoms. The molecule has 4 nitrogen and oxygen atoms in total. The highest BCUT2D eigenvalue weighted by molar-refractivity contribution is 5.52. The zero-order valence-electron chi connectivity index (χ0n) is 17.1. The Labute approximate surface area is 168 Å². The summed E-state index contributed by atoms with van der Waals surface area (Å²) in [5.74, 6) is 1.48. The average Bonchev–Trinajstić information content (AvgIpc) is 3.36. The van der Waals surface area contributed by atoms with E-state index in [0.717, 1.165) is 25.3 Å². The molecule has 1 aliphatic carbocycles. The van der Waals surface area contributed by atoms with Gasteiger partial charge in [-0.2, -0.15) is 0 Å². The Morgan fingerprint density at radius 2 is 1.79 bits per heavy atom. The van der Waals surface area contributed by atoms with Crippen molar-refractivity contribution in [2.75, 3.05) is 18.1 Å². The highest BCUT2D eigenvalue weighted by Crippen LogP contribution is 2.60. The first kappa shape index (κ1) is 18.0. The second kappa shape index (κ2) is 6.50. The summed E-state index contributed by atoms with van der Waals surface area (Å²) < 4.78 is 5.62. The quantitative estimate of drug-likeness (QED) is 0.695. The molecule has 3 heterocycles. The van der Waals surface area contributed by atoms with Crippen LogP contribution in [-0.4, -0.2) is 30.0 Å². The van der Waals surface area contributed by atoms with Gasteiger partial charge in [0.25, 0.3) is 0 Å². The van der Waals surface area contributed by atoms with Gasteiger partial charge in [0.2, 0.25) is 0 Å². The lowest BCUT2D eigenvalue weighted by molar-refractivity contribution is 0.0211. The van der Waals surface area contributed by atoms with Crippen LogP contribution in [0.15, 0.2) is 54.6 Å². The van der Waals surface area contributed by atoms with Crippen LogP contribution in [-0.2, 0) is 11.4 Å². The highest BCUT2D eigenvalue weighted by Gasteiger charge is 2.69. The Balaban J connectivity index is 1.35. The Morgan fingerprint density at radius 3 is 2.46 bits per heavy atom. The molecule has 28 heavy (non-hydrogen) atoms. The van der Waals surface area contributed by atoms with Crippen molar-refractivity contribution in [2.24, 2.45) is 11.3 Å². The van der Waals surface area contributed by atoms with Gasteiger partial charge in [0.1, 0.15) is 5.75 Å². The minimum Gasteiger partial charge on any atom is -0.494 e. The Morgan fingerprint density at radius 1 is 1.04 bits per heavy atom. The van der Waals surface area contributed by atoms with Crippen molar-refractivity contribution in [2.45, 2.75) is 51.9 Å². The van der Waals surface area contributed by atoms with Gasteiger partial charge in [-0.25, -0.2) is 0 Å². The van der Waals surface area contributed by atoms with E-state index >= 15 is 0 Å². The number of benzene rings is 2. The molecular weight excluding hydrogens is 348 g/mol. The minimum atomic E-state index is -0.0577. The summed E-state index contributed by atoms with van der Waals surface area (Å²) >= 11 is 0. The zero-order valence-corrected chi connectivity index (χ0v) is 17.1. The molecule has 2 aromatic rings. The Kier molecular flexibility index (Phi) is 4.18. The highest BCUT2D eigenvalue weighted by atomic mass is 16.9. The van der Waals surface area contributed by atoms with E-state index in [0.29, 0.717) is 18.6 Å². The SMILES string of the molecule is CCOc1ccc(N2C[C@@H]3CC(C)(C)[C@H]2C[C@]32ON2Cc2ccccc2)cc1. The maximum Gasteiger partial charge on any atom is 0.171 e.